The summed E-state index contributed by atoms with van der Waals surface area (Å²) in [5.74, 6) is 0. The summed E-state index contributed by atoms with van der Waals surface area (Å²) in [5.41, 5.74) is -1.32. The Kier molecular flexibility index (Phi) is 7.20. The van der Waals surface area contributed by atoms with Crippen molar-refractivity contribution in [2.45, 2.75) is 38.0 Å². The Hall–Kier alpha value is -0.240. The first-order valence-corrected chi connectivity index (χ1v) is 7.09. The first-order chi connectivity index (χ1) is 9.16. The molecule has 6 heteroatoms. The van der Waals surface area contributed by atoms with Gasteiger partial charge in [0.15, 0.2) is 5.72 Å². The molecule has 19 heavy (non-hydrogen) atoms. The molecule has 0 aliphatic carbocycles. The first-order valence-electron chi connectivity index (χ1n) is 7.09. The highest BCUT2D eigenvalue weighted by Crippen LogP contribution is 2.26. The zero-order chi connectivity index (χ0) is 14.2. The molecule has 1 unspecified atom stereocenters. The minimum absolute atomic E-state index is 0.188. The van der Waals surface area contributed by atoms with Crippen LogP contribution >= 0.6 is 0 Å². The van der Waals surface area contributed by atoms with Crippen LogP contribution in [0.4, 0.5) is 0 Å². The fraction of sp³-hybridized carbons (Fsp3) is 1.00. The van der Waals surface area contributed by atoms with Gasteiger partial charge in [0, 0.05) is 13.2 Å². The highest BCUT2D eigenvalue weighted by Gasteiger charge is 2.50. The number of ether oxygens (including phenoxy) is 2. The standard InChI is InChI=1S/C13H28N2O4/c1-3-5-14-7-13(11-19-13)15-12(8-16,9-17)10-18-6-4-2/h14-17H,3-11H2,1-2H3. The van der Waals surface area contributed by atoms with Gasteiger partial charge in [-0.05, 0) is 19.4 Å². The van der Waals surface area contributed by atoms with Crippen LogP contribution in [0.2, 0.25) is 0 Å². The molecule has 0 amide bonds. The maximum Gasteiger partial charge on any atom is 0.156 e. The average molecular weight is 276 g/mol. The van der Waals surface area contributed by atoms with E-state index in [2.05, 4.69) is 17.6 Å². The molecule has 1 rings (SSSR count). The number of aliphatic hydroxyl groups excluding tert-OH is 2. The number of epoxide rings is 1. The number of rotatable bonds is 12. The van der Waals surface area contributed by atoms with Crippen molar-refractivity contribution in [1.29, 1.82) is 0 Å². The first kappa shape index (κ1) is 16.8. The topological polar surface area (TPSA) is 86.3 Å². The minimum atomic E-state index is -0.848. The normalized spacial score (nSPS) is 22.7. The Labute approximate surface area is 115 Å². The fourth-order valence-corrected chi connectivity index (χ4v) is 1.92. The largest absolute Gasteiger partial charge is 0.394 e. The predicted octanol–water partition coefficient (Wildman–Crippen LogP) is -0.548. The molecule has 0 saturated carbocycles. The summed E-state index contributed by atoms with van der Waals surface area (Å²) in [6.07, 6.45) is 1.97. The molecule has 0 spiro atoms. The van der Waals surface area contributed by atoms with Crippen molar-refractivity contribution in [3.8, 4) is 0 Å². The van der Waals surface area contributed by atoms with Crippen LogP contribution in [0, 0.1) is 0 Å². The Morgan fingerprint density at radius 3 is 2.42 bits per heavy atom. The van der Waals surface area contributed by atoms with E-state index < -0.39 is 11.3 Å². The van der Waals surface area contributed by atoms with E-state index in [-0.39, 0.29) is 19.8 Å². The highest BCUT2D eigenvalue weighted by atomic mass is 16.6. The molecule has 1 atom stereocenters. The lowest BCUT2D eigenvalue weighted by molar-refractivity contribution is -0.0138. The second-order valence-corrected chi connectivity index (χ2v) is 5.23. The molecule has 4 N–H and O–H groups in total. The summed E-state index contributed by atoms with van der Waals surface area (Å²) in [4.78, 5) is 0. The van der Waals surface area contributed by atoms with Gasteiger partial charge in [-0.25, -0.2) is 0 Å². The van der Waals surface area contributed by atoms with E-state index in [4.69, 9.17) is 9.47 Å². The molecule has 6 nitrogen and oxygen atoms in total. The van der Waals surface area contributed by atoms with Crippen LogP contribution in [-0.4, -0.2) is 67.6 Å². The Morgan fingerprint density at radius 2 is 1.95 bits per heavy atom. The van der Waals surface area contributed by atoms with Crippen molar-refractivity contribution >= 4 is 0 Å². The second-order valence-electron chi connectivity index (χ2n) is 5.23. The van der Waals surface area contributed by atoms with E-state index in [1.54, 1.807) is 0 Å². The van der Waals surface area contributed by atoms with Gasteiger partial charge in [-0.3, -0.25) is 5.32 Å². The smallest absolute Gasteiger partial charge is 0.156 e. The van der Waals surface area contributed by atoms with Crippen molar-refractivity contribution in [3.05, 3.63) is 0 Å². The lowest BCUT2D eigenvalue weighted by Gasteiger charge is -2.34. The molecular formula is C13H28N2O4. The number of hydrogen-bond donors (Lipinski definition) is 4. The molecule has 1 fully saturated rings. The molecule has 1 saturated heterocycles. The van der Waals surface area contributed by atoms with Crippen LogP contribution in [0.15, 0.2) is 0 Å². The van der Waals surface area contributed by atoms with Crippen LogP contribution in [0.1, 0.15) is 26.7 Å². The van der Waals surface area contributed by atoms with E-state index in [0.717, 1.165) is 19.4 Å². The number of nitrogens with one attached hydrogen (secondary N) is 2. The molecule has 1 aliphatic heterocycles. The zero-order valence-electron chi connectivity index (χ0n) is 12.1. The van der Waals surface area contributed by atoms with E-state index in [0.29, 0.717) is 19.8 Å². The fourth-order valence-electron chi connectivity index (χ4n) is 1.92. The highest BCUT2D eigenvalue weighted by molar-refractivity contribution is 5.01. The van der Waals surface area contributed by atoms with Crippen LogP contribution in [0.5, 0.6) is 0 Å². The summed E-state index contributed by atoms with van der Waals surface area (Å²) in [6.45, 7) is 6.80. The number of aliphatic hydroxyl groups is 2. The third kappa shape index (κ3) is 5.33. The summed E-state index contributed by atoms with van der Waals surface area (Å²) in [7, 11) is 0. The van der Waals surface area contributed by atoms with Crippen molar-refractivity contribution < 1.29 is 19.7 Å². The lowest BCUT2D eigenvalue weighted by atomic mass is 10.0. The quantitative estimate of drug-likeness (QED) is 0.283. The van der Waals surface area contributed by atoms with Crippen molar-refractivity contribution in [1.82, 2.24) is 10.6 Å². The monoisotopic (exact) mass is 276 g/mol. The average Bonchev–Trinajstić information content (AvgIpc) is 3.18. The summed E-state index contributed by atoms with van der Waals surface area (Å²) >= 11 is 0. The van der Waals surface area contributed by atoms with Gasteiger partial charge in [-0.15, -0.1) is 0 Å². The van der Waals surface area contributed by atoms with Crippen LogP contribution in [-0.2, 0) is 9.47 Å². The Morgan fingerprint density at radius 1 is 1.26 bits per heavy atom. The van der Waals surface area contributed by atoms with Gasteiger partial charge in [0.2, 0.25) is 0 Å². The maximum atomic E-state index is 9.56. The Bertz CT molecular complexity index is 243. The summed E-state index contributed by atoms with van der Waals surface area (Å²) in [5, 5.41) is 25.6. The van der Waals surface area contributed by atoms with E-state index in [1.165, 1.54) is 0 Å². The molecule has 114 valence electrons. The van der Waals surface area contributed by atoms with Crippen molar-refractivity contribution in [2.75, 3.05) is 46.1 Å². The molecule has 0 aromatic carbocycles. The SMILES string of the molecule is CCCNCC1(NC(CO)(CO)COCCC)CO1. The second kappa shape index (κ2) is 8.14. The van der Waals surface area contributed by atoms with Gasteiger partial charge in [-0.1, -0.05) is 13.8 Å². The van der Waals surface area contributed by atoms with Gasteiger partial charge in [0.1, 0.15) is 0 Å². The van der Waals surface area contributed by atoms with E-state index in [9.17, 15) is 10.2 Å². The third-order valence-electron chi connectivity index (χ3n) is 3.16. The Balaban J connectivity index is 2.47. The van der Waals surface area contributed by atoms with Crippen LogP contribution in [0.25, 0.3) is 0 Å². The van der Waals surface area contributed by atoms with Gasteiger partial charge in [0.25, 0.3) is 0 Å². The van der Waals surface area contributed by atoms with Crippen LogP contribution < -0.4 is 10.6 Å². The molecular weight excluding hydrogens is 248 g/mol. The molecule has 1 heterocycles. The summed E-state index contributed by atoms with van der Waals surface area (Å²) < 4.78 is 10.9. The van der Waals surface area contributed by atoms with Crippen molar-refractivity contribution in [2.24, 2.45) is 0 Å². The van der Waals surface area contributed by atoms with Crippen molar-refractivity contribution in [3.63, 3.8) is 0 Å². The molecule has 0 aromatic heterocycles. The van der Waals surface area contributed by atoms with Gasteiger partial charge < -0.3 is 25.0 Å². The minimum Gasteiger partial charge on any atom is -0.394 e. The zero-order valence-corrected chi connectivity index (χ0v) is 12.1. The molecule has 0 bridgehead atoms. The predicted molar refractivity (Wildman–Crippen MR) is 73.0 cm³/mol. The van der Waals surface area contributed by atoms with Crippen LogP contribution in [0.3, 0.4) is 0 Å². The van der Waals surface area contributed by atoms with Gasteiger partial charge >= 0.3 is 0 Å². The molecule has 0 aromatic rings. The molecule has 1 aliphatic rings. The molecule has 0 radical (unpaired) electrons. The maximum absolute atomic E-state index is 9.56. The van der Waals surface area contributed by atoms with Gasteiger partial charge in [-0.2, -0.15) is 0 Å². The van der Waals surface area contributed by atoms with E-state index >= 15 is 0 Å². The van der Waals surface area contributed by atoms with E-state index in [1.807, 2.05) is 6.92 Å². The summed E-state index contributed by atoms with van der Waals surface area (Å²) in [6, 6.07) is 0. The van der Waals surface area contributed by atoms with Gasteiger partial charge in [0.05, 0.1) is 32.0 Å². The number of hydrogen-bond acceptors (Lipinski definition) is 6. The third-order valence-corrected chi connectivity index (χ3v) is 3.16. The lowest BCUT2D eigenvalue weighted by Crippen LogP contribution is -2.62.